The fraction of sp³-hybridized carbons (Fsp3) is 0.263. The smallest absolute Gasteiger partial charge is 0.224 e. The van der Waals surface area contributed by atoms with Gasteiger partial charge in [0.15, 0.2) is 0 Å². The highest BCUT2D eigenvalue weighted by Gasteiger charge is 2.18. The quantitative estimate of drug-likeness (QED) is 0.825. The molecule has 0 spiro atoms. The number of carbonyl (C=O) groups is 2. The summed E-state index contributed by atoms with van der Waals surface area (Å²) in [5.74, 6) is -0.286. The van der Waals surface area contributed by atoms with E-state index in [0.717, 1.165) is 11.1 Å². The van der Waals surface area contributed by atoms with Crippen LogP contribution in [0.4, 0.5) is 5.69 Å². The van der Waals surface area contributed by atoms with Crippen LogP contribution in [0, 0.1) is 6.92 Å². The van der Waals surface area contributed by atoms with Crippen molar-refractivity contribution in [1.82, 2.24) is 5.32 Å². The first-order valence-electron chi connectivity index (χ1n) is 7.93. The molecule has 4 nitrogen and oxygen atoms in total. The van der Waals surface area contributed by atoms with E-state index in [0.29, 0.717) is 28.7 Å². The van der Waals surface area contributed by atoms with Gasteiger partial charge in [-0.15, -0.1) is 0 Å². The number of nitrogens with one attached hydrogen (secondary N) is 1. The fourth-order valence-corrected chi connectivity index (χ4v) is 3.13. The fourth-order valence-electron chi connectivity index (χ4n) is 2.52. The van der Waals surface area contributed by atoms with Crippen LogP contribution < -0.4 is 10.2 Å². The number of halogens is 2. The summed E-state index contributed by atoms with van der Waals surface area (Å²) in [7, 11) is 0. The molecule has 6 heteroatoms. The molecule has 2 amide bonds. The molecule has 0 atom stereocenters. The van der Waals surface area contributed by atoms with Crippen molar-refractivity contribution in [2.24, 2.45) is 0 Å². The molecule has 0 aliphatic rings. The SMILES string of the molecule is CC(=O)N(CCNC(=O)Cc1ccccc1C)c1c(Cl)cccc1Cl. The predicted molar refractivity (Wildman–Crippen MR) is 102 cm³/mol. The third-order valence-corrected chi connectivity index (χ3v) is 4.47. The van der Waals surface area contributed by atoms with E-state index in [2.05, 4.69) is 5.32 Å². The second kappa shape index (κ2) is 8.88. The third kappa shape index (κ3) is 5.21. The number of nitrogens with zero attached hydrogens (tertiary/aromatic N) is 1. The number of hydrogen-bond acceptors (Lipinski definition) is 2. The molecule has 2 aromatic carbocycles. The van der Waals surface area contributed by atoms with Crippen LogP contribution in [0.1, 0.15) is 18.1 Å². The first-order chi connectivity index (χ1) is 11.9. The second-order valence-electron chi connectivity index (χ2n) is 5.69. The number of rotatable bonds is 6. The van der Waals surface area contributed by atoms with Crippen LogP contribution in [0.3, 0.4) is 0 Å². The van der Waals surface area contributed by atoms with Crippen LogP contribution in [0.5, 0.6) is 0 Å². The lowest BCUT2D eigenvalue weighted by Gasteiger charge is -2.23. The Morgan fingerprint density at radius 1 is 1.04 bits per heavy atom. The number of amides is 2. The van der Waals surface area contributed by atoms with Gasteiger partial charge in [-0.3, -0.25) is 9.59 Å². The number of para-hydroxylation sites is 1. The van der Waals surface area contributed by atoms with E-state index in [1.165, 1.54) is 11.8 Å². The third-order valence-electron chi connectivity index (χ3n) is 3.86. The van der Waals surface area contributed by atoms with Crippen molar-refractivity contribution >= 4 is 40.7 Å². The summed E-state index contributed by atoms with van der Waals surface area (Å²) >= 11 is 12.3. The second-order valence-corrected chi connectivity index (χ2v) is 6.51. The van der Waals surface area contributed by atoms with Crippen molar-refractivity contribution in [3.63, 3.8) is 0 Å². The van der Waals surface area contributed by atoms with E-state index in [-0.39, 0.29) is 18.4 Å². The highest BCUT2D eigenvalue weighted by molar-refractivity contribution is 6.39. The Morgan fingerprint density at radius 3 is 2.28 bits per heavy atom. The monoisotopic (exact) mass is 378 g/mol. The van der Waals surface area contributed by atoms with Gasteiger partial charge in [0.25, 0.3) is 0 Å². The van der Waals surface area contributed by atoms with E-state index >= 15 is 0 Å². The lowest BCUT2D eigenvalue weighted by Crippen LogP contribution is -2.38. The summed E-state index contributed by atoms with van der Waals surface area (Å²) in [6.45, 7) is 4.01. The number of benzene rings is 2. The molecule has 0 aliphatic heterocycles. The molecule has 0 aromatic heterocycles. The summed E-state index contributed by atoms with van der Waals surface area (Å²) < 4.78 is 0. The molecule has 0 unspecified atom stereocenters. The molecule has 0 bridgehead atoms. The minimum absolute atomic E-state index is 0.0944. The average Bonchev–Trinajstić information content (AvgIpc) is 2.55. The van der Waals surface area contributed by atoms with Gasteiger partial charge in [-0.25, -0.2) is 0 Å². The minimum Gasteiger partial charge on any atom is -0.354 e. The Hall–Kier alpha value is -2.04. The maximum Gasteiger partial charge on any atom is 0.224 e. The maximum absolute atomic E-state index is 12.1. The Kier molecular flexibility index (Phi) is 6.85. The van der Waals surface area contributed by atoms with Crippen molar-refractivity contribution in [2.45, 2.75) is 20.3 Å². The molecule has 0 saturated heterocycles. The number of aryl methyl sites for hydroxylation is 1. The Labute approximate surface area is 157 Å². The lowest BCUT2D eigenvalue weighted by atomic mass is 10.1. The van der Waals surface area contributed by atoms with Crippen LogP contribution >= 0.6 is 23.2 Å². The maximum atomic E-state index is 12.1. The van der Waals surface area contributed by atoms with Crippen molar-refractivity contribution in [3.05, 3.63) is 63.6 Å². The molecule has 0 aliphatic carbocycles. The van der Waals surface area contributed by atoms with Crippen LogP contribution in [-0.4, -0.2) is 24.9 Å². The van der Waals surface area contributed by atoms with Gasteiger partial charge < -0.3 is 10.2 Å². The van der Waals surface area contributed by atoms with Gasteiger partial charge in [-0.05, 0) is 30.2 Å². The van der Waals surface area contributed by atoms with E-state index in [9.17, 15) is 9.59 Å². The molecule has 0 saturated carbocycles. The van der Waals surface area contributed by atoms with Gasteiger partial charge in [0.05, 0.1) is 22.2 Å². The summed E-state index contributed by atoms with van der Waals surface area (Å²) in [6.07, 6.45) is 0.305. The van der Waals surface area contributed by atoms with Crippen molar-refractivity contribution in [1.29, 1.82) is 0 Å². The molecular weight excluding hydrogens is 359 g/mol. The molecule has 2 rings (SSSR count). The first kappa shape index (κ1) is 19.3. The number of hydrogen-bond donors (Lipinski definition) is 1. The Morgan fingerprint density at radius 2 is 1.68 bits per heavy atom. The zero-order valence-corrected chi connectivity index (χ0v) is 15.7. The standard InChI is InChI=1S/C19H20Cl2N2O2/c1-13-6-3-4-7-15(13)12-18(25)22-10-11-23(14(2)24)19-16(20)8-5-9-17(19)21/h3-9H,10-12H2,1-2H3,(H,22,25). The molecule has 2 aromatic rings. The predicted octanol–water partition coefficient (Wildman–Crippen LogP) is 4.01. The lowest BCUT2D eigenvalue weighted by molar-refractivity contribution is -0.121. The Bertz CT molecular complexity index is 758. The molecule has 25 heavy (non-hydrogen) atoms. The topological polar surface area (TPSA) is 49.4 Å². The van der Waals surface area contributed by atoms with Crippen LogP contribution in [0.2, 0.25) is 10.0 Å². The normalized spacial score (nSPS) is 10.4. The summed E-state index contributed by atoms with van der Waals surface area (Å²) in [4.78, 5) is 25.5. The first-order valence-corrected chi connectivity index (χ1v) is 8.69. The number of carbonyl (C=O) groups excluding carboxylic acids is 2. The van der Waals surface area contributed by atoms with Crippen molar-refractivity contribution in [3.8, 4) is 0 Å². The van der Waals surface area contributed by atoms with Crippen molar-refractivity contribution < 1.29 is 9.59 Å². The minimum atomic E-state index is -0.192. The van der Waals surface area contributed by atoms with Gasteiger partial charge in [0.1, 0.15) is 0 Å². The van der Waals surface area contributed by atoms with Crippen LogP contribution in [0.15, 0.2) is 42.5 Å². The molecular formula is C19H20Cl2N2O2. The summed E-state index contributed by atoms with van der Waals surface area (Å²) in [6, 6.07) is 12.8. The molecule has 0 radical (unpaired) electrons. The van der Waals surface area contributed by atoms with Crippen LogP contribution in [-0.2, 0) is 16.0 Å². The van der Waals surface area contributed by atoms with Gasteiger partial charge in [0, 0.05) is 20.0 Å². The van der Waals surface area contributed by atoms with E-state index in [4.69, 9.17) is 23.2 Å². The van der Waals surface area contributed by atoms with Gasteiger partial charge >= 0.3 is 0 Å². The van der Waals surface area contributed by atoms with Crippen molar-refractivity contribution in [2.75, 3.05) is 18.0 Å². The van der Waals surface area contributed by atoms with E-state index < -0.39 is 0 Å². The van der Waals surface area contributed by atoms with E-state index in [1.807, 2.05) is 31.2 Å². The van der Waals surface area contributed by atoms with Gasteiger partial charge in [0.2, 0.25) is 11.8 Å². The highest BCUT2D eigenvalue weighted by Crippen LogP contribution is 2.33. The number of anilines is 1. The van der Waals surface area contributed by atoms with Crippen LogP contribution in [0.25, 0.3) is 0 Å². The molecule has 132 valence electrons. The molecule has 0 fully saturated rings. The zero-order valence-electron chi connectivity index (χ0n) is 14.2. The summed E-state index contributed by atoms with van der Waals surface area (Å²) in [5, 5.41) is 3.63. The Balaban J connectivity index is 1.97. The average molecular weight is 379 g/mol. The molecule has 0 heterocycles. The molecule has 1 N–H and O–H groups in total. The summed E-state index contributed by atoms with van der Waals surface area (Å²) in [5.41, 5.74) is 2.52. The largest absolute Gasteiger partial charge is 0.354 e. The van der Waals surface area contributed by atoms with Gasteiger partial charge in [-0.2, -0.15) is 0 Å². The highest BCUT2D eigenvalue weighted by atomic mass is 35.5. The van der Waals surface area contributed by atoms with E-state index in [1.54, 1.807) is 18.2 Å². The zero-order chi connectivity index (χ0) is 18.4. The van der Waals surface area contributed by atoms with Gasteiger partial charge in [-0.1, -0.05) is 53.5 Å².